The van der Waals surface area contributed by atoms with Crippen LogP contribution >= 0.6 is 11.3 Å². The van der Waals surface area contributed by atoms with Crippen molar-refractivity contribution in [3.05, 3.63) is 41.5 Å². The Hall–Kier alpha value is -1.63. The zero-order chi connectivity index (χ0) is 10.5. The smallest absolute Gasteiger partial charge is 0.104 e. The van der Waals surface area contributed by atoms with Gasteiger partial charge in [0.15, 0.2) is 0 Å². The van der Waals surface area contributed by atoms with Crippen molar-refractivity contribution in [2.24, 2.45) is 0 Å². The third-order valence-corrected chi connectivity index (χ3v) is 2.91. The number of aromatic nitrogens is 1. The van der Waals surface area contributed by atoms with Gasteiger partial charge in [-0.25, -0.2) is 0 Å². The zero-order valence-electron chi connectivity index (χ0n) is 7.97. The van der Waals surface area contributed by atoms with Crippen molar-refractivity contribution < 1.29 is 5.11 Å². The van der Waals surface area contributed by atoms with Gasteiger partial charge in [-0.1, -0.05) is 11.8 Å². The van der Waals surface area contributed by atoms with Gasteiger partial charge in [0.2, 0.25) is 0 Å². The van der Waals surface area contributed by atoms with Crippen LogP contribution in [0, 0.1) is 11.8 Å². The number of hydrogen-bond acceptors (Lipinski definition) is 3. The van der Waals surface area contributed by atoms with E-state index in [-0.39, 0.29) is 6.61 Å². The molecule has 2 aromatic heterocycles. The van der Waals surface area contributed by atoms with Crippen molar-refractivity contribution in [1.29, 1.82) is 0 Å². The highest BCUT2D eigenvalue weighted by molar-refractivity contribution is 7.16. The summed E-state index contributed by atoms with van der Waals surface area (Å²) in [7, 11) is 0. The van der Waals surface area contributed by atoms with E-state index in [0.717, 1.165) is 10.4 Å². The number of nitrogens with zero attached hydrogens (tertiary/aromatic N) is 1. The predicted octanol–water partition coefficient (Wildman–Crippen LogP) is 2.15. The summed E-state index contributed by atoms with van der Waals surface area (Å²) in [6.45, 7) is -0.0948. The van der Waals surface area contributed by atoms with Gasteiger partial charge in [0, 0.05) is 17.3 Å². The fourth-order valence-electron chi connectivity index (χ4n) is 1.20. The molecule has 15 heavy (non-hydrogen) atoms. The van der Waals surface area contributed by atoms with Crippen LogP contribution in [0.5, 0.6) is 0 Å². The van der Waals surface area contributed by atoms with Crippen LogP contribution in [0.25, 0.3) is 10.4 Å². The zero-order valence-corrected chi connectivity index (χ0v) is 8.79. The van der Waals surface area contributed by atoms with Gasteiger partial charge >= 0.3 is 0 Å². The summed E-state index contributed by atoms with van der Waals surface area (Å²) in [6.07, 6.45) is 3.54. The normalized spacial score (nSPS) is 9.40. The molecule has 2 rings (SSSR count). The van der Waals surface area contributed by atoms with Crippen LogP contribution < -0.4 is 0 Å². The Balaban J connectivity index is 2.28. The van der Waals surface area contributed by atoms with Crippen LogP contribution in [0.2, 0.25) is 0 Å². The SMILES string of the molecule is OCC#Cc1ccc(-c2ccncc2)s1. The van der Waals surface area contributed by atoms with Gasteiger partial charge in [-0.05, 0) is 29.8 Å². The van der Waals surface area contributed by atoms with E-state index in [4.69, 9.17) is 5.11 Å². The molecule has 0 aliphatic carbocycles. The minimum absolute atomic E-state index is 0.0948. The maximum Gasteiger partial charge on any atom is 0.104 e. The Bertz CT molecular complexity index is 493. The second-order valence-corrected chi connectivity index (χ2v) is 3.94. The lowest BCUT2D eigenvalue weighted by molar-refractivity contribution is 0.350. The first-order chi connectivity index (χ1) is 7.40. The summed E-state index contributed by atoms with van der Waals surface area (Å²) in [5.74, 6) is 5.52. The maximum absolute atomic E-state index is 8.57. The molecule has 0 unspecified atom stereocenters. The van der Waals surface area contributed by atoms with E-state index in [1.807, 2.05) is 24.3 Å². The van der Waals surface area contributed by atoms with Crippen molar-refractivity contribution in [3.8, 4) is 22.3 Å². The number of pyridine rings is 1. The largest absolute Gasteiger partial charge is 0.384 e. The van der Waals surface area contributed by atoms with E-state index in [1.54, 1.807) is 23.7 Å². The first kappa shape index (κ1) is 9.91. The molecule has 0 saturated heterocycles. The Labute approximate surface area is 92.2 Å². The second-order valence-electron chi connectivity index (χ2n) is 2.86. The number of aliphatic hydroxyl groups excluding tert-OH is 1. The first-order valence-corrected chi connectivity index (χ1v) is 5.32. The molecule has 0 fully saturated rings. The number of thiophene rings is 1. The summed E-state index contributed by atoms with van der Waals surface area (Å²) in [5.41, 5.74) is 1.15. The third kappa shape index (κ3) is 2.44. The minimum atomic E-state index is -0.0948. The Kier molecular flexibility index (Phi) is 3.13. The van der Waals surface area contributed by atoms with Gasteiger partial charge in [0.1, 0.15) is 6.61 Å². The van der Waals surface area contributed by atoms with Crippen LogP contribution in [0.1, 0.15) is 4.88 Å². The summed E-state index contributed by atoms with van der Waals surface area (Å²) < 4.78 is 0. The van der Waals surface area contributed by atoms with Crippen molar-refractivity contribution in [2.75, 3.05) is 6.61 Å². The highest BCUT2D eigenvalue weighted by Gasteiger charge is 1.99. The van der Waals surface area contributed by atoms with E-state index in [2.05, 4.69) is 16.8 Å². The number of hydrogen-bond donors (Lipinski definition) is 1. The van der Waals surface area contributed by atoms with Crippen LogP contribution in [0.15, 0.2) is 36.7 Å². The first-order valence-electron chi connectivity index (χ1n) is 4.50. The molecule has 3 heteroatoms. The minimum Gasteiger partial charge on any atom is -0.384 e. The molecule has 0 saturated carbocycles. The van der Waals surface area contributed by atoms with Gasteiger partial charge in [-0.3, -0.25) is 4.98 Å². The third-order valence-electron chi connectivity index (χ3n) is 1.86. The standard InChI is InChI=1S/C12H9NOS/c14-9-1-2-11-3-4-12(15-11)10-5-7-13-8-6-10/h3-8,14H,9H2. The molecule has 0 aliphatic rings. The molecule has 74 valence electrons. The number of rotatable bonds is 1. The van der Waals surface area contributed by atoms with E-state index in [9.17, 15) is 0 Å². The lowest BCUT2D eigenvalue weighted by Gasteiger charge is -1.93. The van der Waals surface area contributed by atoms with Crippen LogP contribution in [0.3, 0.4) is 0 Å². The Morgan fingerprint density at radius 2 is 2.00 bits per heavy atom. The van der Waals surface area contributed by atoms with Gasteiger partial charge in [0.25, 0.3) is 0 Å². The molecule has 0 aromatic carbocycles. The molecule has 0 atom stereocenters. The summed E-state index contributed by atoms with van der Waals surface area (Å²) in [6, 6.07) is 7.93. The van der Waals surface area contributed by atoms with Gasteiger partial charge < -0.3 is 5.11 Å². The second kappa shape index (κ2) is 4.74. The van der Waals surface area contributed by atoms with E-state index in [0.29, 0.717) is 0 Å². The van der Waals surface area contributed by atoms with Crippen molar-refractivity contribution in [3.63, 3.8) is 0 Å². The molecule has 2 heterocycles. The lowest BCUT2D eigenvalue weighted by Crippen LogP contribution is -1.72. The lowest BCUT2D eigenvalue weighted by atomic mass is 10.2. The summed E-state index contributed by atoms with van der Waals surface area (Å²) in [4.78, 5) is 6.11. The Morgan fingerprint density at radius 1 is 1.20 bits per heavy atom. The average Bonchev–Trinajstić information content (AvgIpc) is 2.76. The maximum atomic E-state index is 8.57. The highest BCUT2D eigenvalue weighted by Crippen LogP contribution is 2.26. The van der Waals surface area contributed by atoms with Crippen molar-refractivity contribution in [2.45, 2.75) is 0 Å². The molecule has 2 aromatic rings. The summed E-state index contributed by atoms with van der Waals surface area (Å²) in [5, 5.41) is 8.57. The van der Waals surface area contributed by atoms with Crippen LogP contribution in [-0.4, -0.2) is 16.7 Å². The van der Waals surface area contributed by atoms with Gasteiger partial charge in [-0.2, -0.15) is 0 Å². The molecule has 0 spiro atoms. The van der Waals surface area contributed by atoms with Gasteiger partial charge in [0.05, 0.1) is 4.88 Å². The fourth-order valence-corrected chi connectivity index (χ4v) is 2.09. The Morgan fingerprint density at radius 3 is 2.73 bits per heavy atom. The van der Waals surface area contributed by atoms with E-state index < -0.39 is 0 Å². The molecular weight excluding hydrogens is 206 g/mol. The molecule has 0 bridgehead atoms. The molecule has 0 aliphatic heterocycles. The van der Waals surface area contributed by atoms with Crippen molar-refractivity contribution >= 4 is 11.3 Å². The average molecular weight is 215 g/mol. The van der Waals surface area contributed by atoms with E-state index >= 15 is 0 Å². The molecule has 0 amide bonds. The molecular formula is C12H9NOS. The fraction of sp³-hybridized carbons (Fsp3) is 0.0833. The van der Waals surface area contributed by atoms with Gasteiger partial charge in [-0.15, -0.1) is 11.3 Å². The van der Waals surface area contributed by atoms with Crippen molar-refractivity contribution in [1.82, 2.24) is 4.98 Å². The molecule has 2 nitrogen and oxygen atoms in total. The topological polar surface area (TPSA) is 33.1 Å². The van der Waals surface area contributed by atoms with Crippen LogP contribution in [0.4, 0.5) is 0 Å². The van der Waals surface area contributed by atoms with Crippen LogP contribution in [-0.2, 0) is 0 Å². The molecule has 1 N–H and O–H groups in total. The van der Waals surface area contributed by atoms with E-state index in [1.165, 1.54) is 4.88 Å². The number of aliphatic hydroxyl groups is 1. The monoisotopic (exact) mass is 215 g/mol. The summed E-state index contributed by atoms with van der Waals surface area (Å²) >= 11 is 1.61. The quantitative estimate of drug-likeness (QED) is 0.739. The highest BCUT2D eigenvalue weighted by atomic mass is 32.1. The predicted molar refractivity (Wildman–Crippen MR) is 61.5 cm³/mol. The molecule has 0 radical (unpaired) electrons.